The van der Waals surface area contributed by atoms with Crippen molar-refractivity contribution in [2.45, 2.75) is 25.6 Å². The van der Waals surface area contributed by atoms with Crippen molar-refractivity contribution >= 4 is 40.6 Å². The van der Waals surface area contributed by atoms with Gasteiger partial charge in [0.25, 0.3) is 11.1 Å². The molecule has 5 rings (SSSR count). The molecule has 0 spiro atoms. The van der Waals surface area contributed by atoms with Crippen LogP contribution in [0.25, 0.3) is 17.3 Å². The van der Waals surface area contributed by atoms with Crippen LogP contribution in [0.5, 0.6) is 0 Å². The molecule has 2 saturated heterocycles. The lowest BCUT2D eigenvalue weighted by atomic mass is 9.97. The van der Waals surface area contributed by atoms with Crippen LogP contribution in [-0.4, -0.2) is 59.8 Å². The molecule has 2 amide bonds. The molecule has 2 aliphatic heterocycles. The van der Waals surface area contributed by atoms with E-state index in [0.717, 1.165) is 49.4 Å². The fraction of sp³-hybridized carbons (Fsp3) is 0.345. The number of anilines is 2. The summed E-state index contributed by atoms with van der Waals surface area (Å²) >= 11 is 0.839. The maximum absolute atomic E-state index is 13.7. The van der Waals surface area contributed by atoms with Gasteiger partial charge in [0.05, 0.1) is 16.3 Å². The Morgan fingerprint density at radius 2 is 1.90 bits per heavy atom. The standard InChI is InChI=1S/C29H30F3N7O2S/c1-38(2)22-5-3-4-20(14-22)23-12-19(13-25(36-23)29(30,31)32)17-33-16-18-7-10-39(11-8-18)27-34-9-6-21(35-27)15-24-26(40)37-28(41)42-24/h3-6,9,12-15,18,33H,7-8,10-11,16-17H2,1-2H3,(H,37,40,41)/b24-15+. The molecule has 220 valence electrons. The number of hydrogen-bond donors (Lipinski definition) is 2. The highest BCUT2D eigenvalue weighted by Gasteiger charge is 2.33. The molecule has 2 aromatic heterocycles. The molecular weight excluding hydrogens is 567 g/mol. The molecule has 13 heteroatoms. The number of halogens is 3. The number of amides is 2. The Hall–Kier alpha value is -3.97. The van der Waals surface area contributed by atoms with Crippen LogP contribution < -0.4 is 20.4 Å². The number of hydrogen-bond acceptors (Lipinski definition) is 9. The largest absolute Gasteiger partial charge is 0.433 e. The molecule has 2 N–H and O–H groups in total. The number of aromatic nitrogens is 3. The molecule has 42 heavy (non-hydrogen) atoms. The predicted octanol–water partition coefficient (Wildman–Crippen LogP) is 4.95. The van der Waals surface area contributed by atoms with E-state index in [2.05, 4.69) is 30.5 Å². The monoisotopic (exact) mass is 597 g/mol. The van der Waals surface area contributed by atoms with E-state index in [1.807, 2.05) is 37.2 Å². The van der Waals surface area contributed by atoms with Gasteiger partial charge in [0.2, 0.25) is 5.95 Å². The number of carbonyl (C=O) groups is 2. The number of nitrogens with one attached hydrogen (secondary N) is 2. The molecule has 0 unspecified atom stereocenters. The average molecular weight is 598 g/mol. The molecule has 0 radical (unpaired) electrons. The maximum atomic E-state index is 13.7. The fourth-order valence-corrected chi connectivity index (χ4v) is 5.50. The Morgan fingerprint density at radius 3 is 2.60 bits per heavy atom. The summed E-state index contributed by atoms with van der Waals surface area (Å²) in [6, 6.07) is 11.8. The number of pyridine rings is 1. The average Bonchev–Trinajstić information content (AvgIpc) is 3.28. The van der Waals surface area contributed by atoms with Crippen molar-refractivity contribution in [1.29, 1.82) is 0 Å². The van der Waals surface area contributed by atoms with E-state index in [4.69, 9.17) is 0 Å². The van der Waals surface area contributed by atoms with Gasteiger partial charge in [-0.1, -0.05) is 12.1 Å². The number of benzene rings is 1. The van der Waals surface area contributed by atoms with Crippen molar-refractivity contribution in [2.24, 2.45) is 5.92 Å². The van der Waals surface area contributed by atoms with Crippen molar-refractivity contribution in [3.8, 4) is 11.3 Å². The normalized spacial score (nSPS) is 17.2. The van der Waals surface area contributed by atoms with Gasteiger partial charge in [-0.25, -0.2) is 15.0 Å². The number of rotatable bonds is 8. The molecule has 0 bridgehead atoms. The van der Waals surface area contributed by atoms with Gasteiger partial charge >= 0.3 is 6.18 Å². The maximum Gasteiger partial charge on any atom is 0.433 e. The molecule has 0 aliphatic carbocycles. The third kappa shape index (κ3) is 7.26. The van der Waals surface area contributed by atoms with Crippen LogP contribution >= 0.6 is 11.8 Å². The highest BCUT2D eigenvalue weighted by atomic mass is 32.2. The number of piperidine rings is 1. The summed E-state index contributed by atoms with van der Waals surface area (Å²) in [5.41, 5.74) is 1.95. The van der Waals surface area contributed by atoms with E-state index in [9.17, 15) is 22.8 Å². The van der Waals surface area contributed by atoms with Crippen molar-refractivity contribution < 1.29 is 22.8 Å². The zero-order chi connectivity index (χ0) is 29.9. The Bertz CT molecular complexity index is 1500. The minimum atomic E-state index is -4.55. The number of carbonyl (C=O) groups excluding carboxylic acids is 2. The van der Waals surface area contributed by atoms with Gasteiger partial charge in [0, 0.05) is 51.2 Å². The van der Waals surface area contributed by atoms with Crippen molar-refractivity contribution in [3.63, 3.8) is 0 Å². The van der Waals surface area contributed by atoms with E-state index >= 15 is 0 Å². The van der Waals surface area contributed by atoms with Gasteiger partial charge in [0.1, 0.15) is 5.69 Å². The van der Waals surface area contributed by atoms with Crippen LogP contribution in [0.15, 0.2) is 53.6 Å². The van der Waals surface area contributed by atoms with Crippen LogP contribution in [0.3, 0.4) is 0 Å². The predicted molar refractivity (Wildman–Crippen MR) is 157 cm³/mol. The zero-order valence-corrected chi connectivity index (χ0v) is 23.9. The Balaban J connectivity index is 1.19. The Morgan fingerprint density at radius 1 is 1.12 bits per heavy atom. The van der Waals surface area contributed by atoms with E-state index in [-0.39, 0.29) is 5.69 Å². The van der Waals surface area contributed by atoms with E-state index < -0.39 is 23.0 Å². The van der Waals surface area contributed by atoms with E-state index in [1.165, 1.54) is 0 Å². The molecule has 2 fully saturated rings. The summed E-state index contributed by atoms with van der Waals surface area (Å²) in [6.45, 7) is 2.40. The van der Waals surface area contributed by atoms with Gasteiger partial charge in [0.15, 0.2) is 0 Å². The number of alkyl halides is 3. The minimum Gasteiger partial charge on any atom is -0.378 e. The van der Waals surface area contributed by atoms with Crippen molar-refractivity contribution in [2.75, 3.05) is 43.5 Å². The van der Waals surface area contributed by atoms with Gasteiger partial charge < -0.3 is 15.1 Å². The first-order valence-corrected chi connectivity index (χ1v) is 14.3. The molecule has 4 heterocycles. The van der Waals surface area contributed by atoms with Crippen LogP contribution in [0.1, 0.15) is 29.8 Å². The summed E-state index contributed by atoms with van der Waals surface area (Å²) in [7, 11) is 3.75. The van der Waals surface area contributed by atoms with E-state index in [0.29, 0.717) is 46.7 Å². The summed E-state index contributed by atoms with van der Waals surface area (Å²) < 4.78 is 41.0. The lowest BCUT2D eigenvalue weighted by Gasteiger charge is -2.32. The third-order valence-corrected chi connectivity index (χ3v) is 7.89. The minimum absolute atomic E-state index is 0.287. The number of thioether (sulfide) groups is 1. The lowest BCUT2D eigenvalue weighted by molar-refractivity contribution is -0.141. The second-order valence-corrected chi connectivity index (χ2v) is 11.4. The summed E-state index contributed by atoms with van der Waals surface area (Å²) in [5.74, 6) is 0.457. The Kier molecular flexibility index (Phi) is 8.78. The van der Waals surface area contributed by atoms with Crippen LogP contribution in [-0.2, 0) is 17.5 Å². The first-order valence-electron chi connectivity index (χ1n) is 13.4. The van der Waals surface area contributed by atoms with E-state index in [1.54, 1.807) is 30.5 Å². The van der Waals surface area contributed by atoms with Crippen molar-refractivity contribution in [1.82, 2.24) is 25.6 Å². The molecule has 2 aliphatic rings. The number of nitrogens with zero attached hydrogens (tertiary/aromatic N) is 5. The van der Waals surface area contributed by atoms with Gasteiger partial charge in [-0.05, 0) is 79.0 Å². The SMILES string of the molecule is CN(C)c1cccc(-c2cc(CNCC3CCN(c4nccc(/C=C5/SC(=O)NC5=O)n4)CC3)cc(C(F)(F)F)n2)c1. The molecule has 9 nitrogen and oxygen atoms in total. The molecule has 0 atom stereocenters. The van der Waals surface area contributed by atoms with Gasteiger partial charge in [-0.3, -0.25) is 14.9 Å². The second-order valence-electron chi connectivity index (χ2n) is 10.4. The Labute approximate surface area is 245 Å². The first kappa shape index (κ1) is 29.5. The van der Waals surface area contributed by atoms with Crippen LogP contribution in [0.2, 0.25) is 0 Å². The molecule has 1 aromatic carbocycles. The second kappa shape index (κ2) is 12.5. The molecular formula is C29H30F3N7O2S. The highest BCUT2D eigenvalue weighted by molar-refractivity contribution is 8.18. The number of imide groups is 1. The third-order valence-electron chi connectivity index (χ3n) is 7.08. The van der Waals surface area contributed by atoms with Crippen LogP contribution in [0, 0.1) is 5.92 Å². The van der Waals surface area contributed by atoms with Crippen molar-refractivity contribution in [3.05, 3.63) is 70.5 Å². The lowest BCUT2D eigenvalue weighted by Crippen LogP contribution is -2.38. The molecule has 3 aromatic rings. The summed E-state index contributed by atoms with van der Waals surface area (Å²) in [5, 5.41) is 5.16. The summed E-state index contributed by atoms with van der Waals surface area (Å²) in [4.78, 5) is 40.3. The smallest absolute Gasteiger partial charge is 0.378 e. The molecule has 0 saturated carbocycles. The first-order chi connectivity index (χ1) is 20.0. The fourth-order valence-electron chi connectivity index (χ4n) is 4.83. The van der Waals surface area contributed by atoms with Gasteiger partial charge in [-0.2, -0.15) is 13.2 Å². The quantitative estimate of drug-likeness (QED) is 0.349. The van der Waals surface area contributed by atoms with Gasteiger partial charge in [-0.15, -0.1) is 0 Å². The topological polar surface area (TPSA) is 103 Å². The zero-order valence-electron chi connectivity index (χ0n) is 23.1. The van der Waals surface area contributed by atoms with Crippen LogP contribution in [0.4, 0.5) is 29.6 Å². The highest BCUT2D eigenvalue weighted by Crippen LogP contribution is 2.32. The summed E-state index contributed by atoms with van der Waals surface area (Å²) in [6.07, 6.45) is 0.367.